The van der Waals surface area contributed by atoms with Gasteiger partial charge in [-0.2, -0.15) is 0 Å². The molecule has 0 amide bonds. The quantitative estimate of drug-likeness (QED) is 0.580. The summed E-state index contributed by atoms with van der Waals surface area (Å²) >= 11 is 5.91. The van der Waals surface area contributed by atoms with E-state index in [1.165, 1.54) is 25.3 Å². The number of benzene rings is 1. The van der Waals surface area contributed by atoms with Crippen LogP contribution in [-0.4, -0.2) is 34.6 Å². The summed E-state index contributed by atoms with van der Waals surface area (Å²) in [4.78, 5) is 11.2. The van der Waals surface area contributed by atoms with E-state index in [1.54, 1.807) is 0 Å². The molecule has 0 atom stereocenters. The zero-order chi connectivity index (χ0) is 15.2. The summed E-state index contributed by atoms with van der Waals surface area (Å²) in [6, 6.07) is 3.90. The van der Waals surface area contributed by atoms with Crippen molar-refractivity contribution in [1.82, 2.24) is 4.72 Å². The van der Waals surface area contributed by atoms with Gasteiger partial charge in [-0.1, -0.05) is 11.6 Å². The van der Waals surface area contributed by atoms with Crippen molar-refractivity contribution < 1.29 is 17.9 Å². The standard InChI is InChI=1S/C12H17ClN2O4S/c1-19-12(16)9-4-5-11(10(13)8-9)20(17,18)15-7-3-2-6-14/h4-5,8,15H,2-3,6-7,14H2,1H3. The van der Waals surface area contributed by atoms with E-state index in [0.717, 1.165) is 6.42 Å². The number of carbonyl (C=O) groups is 1. The van der Waals surface area contributed by atoms with E-state index < -0.39 is 16.0 Å². The maximum absolute atomic E-state index is 12.0. The topological polar surface area (TPSA) is 98.5 Å². The van der Waals surface area contributed by atoms with Gasteiger partial charge < -0.3 is 10.5 Å². The number of halogens is 1. The first-order chi connectivity index (χ1) is 9.42. The van der Waals surface area contributed by atoms with Gasteiger partial charge in [0.05, 0.1) is 17.7 Å². The highest BCUT2D eigenvalue weighted by Gasteiger charge is 2.19. The van der Waals surface area contributed by atoms with Crippen molar-refractivity contribution in [3.8, 4) is 0 Å². The van der Waals surface area contributed by atoms with Crippen LogP contribution in [-0.2, 0) is 14.8 Å². The second-order valence-electron chi connectivity index (χ2n) is 4.03. The zero-order valence-electron chi connectivity index (χ0n) is 11.1. The second kappa shape index (κ2) is 7.58. The Morgan fingerprint density at radius 2 is 2.10 bits per heavy atom. The highest BCUT2D eigenvalue weighted by atomic mass is 35.5. The fourth-order valence-electron chi connectivity index (χ4n) is 1.52. The van der Waals surface area contributed by atoms with Gasteiger partial charge in [-0.3, -0.25) is 0 Å². The molecule has 0 spiro atoms. The lowest BCUT2D eigenvalue weighted by molar-refractivity contribution is 0.0600. The maximum Gasteiger partial charge on any atom is 0.337 e. The van der Waals surface area contributed by atoms with E-state index in [0.29, 0.717) is 13.0 Å². The lowest BCUT2D eigenvalue weighted by Gasteiger charge is -2.09. The first-order valence-corrected chi connectivity index (χ1v) is 7.86. The number of nitrogens with one attached hydrogen (secondary N) is 1. The van der Waals surface area contributed by atoms with Crippen molar-refractivity contribution in [3.63, 3.8) is 0 Å². The third-order valence-corrected chi connectivity index (χ3v) is 4.51. The third kappa shape index (κ3) is 4.45. The fraction of sp³-hybridized carbons (Fsp3) is 0.417. The van der Waals surface area contributed by atoms with Crippen LogP contribution >= 0.6 is 11.6 Å². The Balaban J connectivity index is 2.88. The molecule has 0 fully saturated rings. The summed E-state index contributed by atoms with van der Waals surface area (Å²) in [6.07, 6.45) is 1.38. The van der Waals surface area contributed by atoms with Gasteiger partial charge in [0.25, 0.3) is 0 Å². The summed E-state index contributed by atoms with van der Waals surface area (Å²) in [5.41, 5.74) is 5.52. The highest BCUT2D eigenvalue weighted by molar-refractivity contribution is 7.89. The van der Waals surface area contributed by atoms with Gasteiger partial charge in [0.1, 0.15) is 4.90 Å². The van der Waals surface area contributed by atoms with Gasteiger partial charge in [0, 0.05) is 6.54 Å². The minimum Gasteiger partial charge on any atom is -0.465 e. The Hall–Kier alpha value is -1.15. The van der Waals surface area contributed by atoms with Gasteiger partial charge in [-0.15, -0.1) is 0 Å². The molecule has 0 bridgehead atoms. The summed E-state index contributed by atoms with van der Waals surface area (Å²) in [5, 5.41) is -0.0285. The van der Waals surface area contributed by atoms with Crippen molar-refractivity contribution in [2.24, 2.45) is 5.73 Å². The molecular weight excluding hydrogens is 304 g/mol. The molecule has 0 aromatic heterocycles. The molecule has 0 aliphatic carbocycles. The van der Waals surface area contributed by atoms with E-state index in [9.17, 15) is 13.2 Å². The van der Waals surface area contributed by atoms with Gasteiger partial charge in [0.2, 0.25) is 10.0 Å². The van der Waals surface area contributed by atoms with Crippen LogP contribution in [0.2, 0.25) is 5.02 Å². The number of hydrogen-bond acceptors (Lipinski definition) is 5. The molecule has 1 rings (SSSR count). The number of rotatable bonds is 7. The van der Waals surface area contributed by atoms with Gasteiger partial charge in [-0.25, -0.2) is 17.9 Å². The number of esters is 1. The van der Waals surface area contributed by atoms with Gasteiger partial charge >= 0.3 is 5.97 Å². The van der Waals surface area contributed by atoms with Gasteiger partial charge in [0.15, 0.2) is 0 Å². The Morgan fingerprint density at radius 1 is 1.40 bits per heavy atom. The van der Waals surface area contributed by atoms with E-state index in [2.05, 4.69) is 9.46 Å². The van der Waals surface area contributed by atoms with Crippen molar-refractivity contribution in [2.75, 3.05) is 20.2 Å². The minimum absolute atomic E-state index is 0.0285. The molecule has 0 heterocycles. The molecule has 112 valence electrons. The summed E-state index contributed by atoms with van der Waals surface area (Å²) in [7, 11) is -2.46. The molecule has 0 radical (unpaired) electrons. The number of hydrogen-bond donors (Lipinski definition) is 2. The summed E-state index contributed by atoms with van der Waals surface area (Å²) in [6.45, 7) is 0.797. The van der Waals surface area contributed by atoms with E-state index in [-0.39, 0.29) is 22.0 Å². The first kappa shape index (κ1) is 16.9. The highest BCUT2D eigenvalue weighted by Crippen LogP contribution is 2.23. The Kier molecular flexibility index (Phi) is 6.41. The van der Waals surface area contributed by atoms with E-state index in [4.69, 9.17) is 17.3 Å². The zero-order valence-corrected chi connectivity index (χ0v) is 12.6. The monoisotopic (exact) mass is 320 g/mol. The van der Waals surface area contributed by atoms with Crippen molar-refractivity contribution in [2.45, 2.75) is 17.7 Å². The summed E-state index contributed by atoms with van der Waals surface area (Å²) < 4.78 is 31.0. The van der Waals surface area contributed by atoms with Crippen LogP contribution in [0.15, 0.2) is 23.1 Å². The molecule has 1 aromatic carbocycles. The Labute approximate surface area is 123 Å². The van der Waals surface area contributed by atoms with E-state index >= 15 is 0 Å². The average Bonchev–Trinajstić information content (AvgIpc) is 2.42. The lowest BCUT2D eigenvalue weighted by atomic mass is 10.2. The number of ether oxygens (including phenoxy) is 1. The van der Waals surface area contributed by atoms with Crippen LogP contribution in [0.3, 0.4) is 0 Å². The number of nitrogens with two attached hydrogens (primary N) is 1. The van der Waals surface area contributed by atoms with E-state index in [1.807, 2.05) is 0 Å². The molecule has 0 unspecified atom stereocenters. The number of sulfonamides is 1. The summed E-state index contributed by atoms with van der Waals surface area (Å²) in [5.74, 6) is -0.577. The lowest BCUT2D eigenvalue weighted by Crippen LogP contribution is -2.25. The molecule has 3 N–H and O–H groups in total. The Morgan fingerprint density at radius 3 is 2.65 bits per heavy atom. The first-order valence-electron chi connectivity index (χ1n) is 6.00. The molecule has 0 saturated heterocycles. The molecule has 0 saturated carbocycles. The molecule has 20 heavy (non-hydrogen) atoms. The Bertz CT molecular complexity index is 575. The predicted molar refractivity (Wildman–Crippen MR) is 76.3 cm³/mol. The molecular formula is C12H17ClN2O4S. The molecule has 0 aliphatic rings. The number of unbranched alkanes of at least 4 members (excludes halogenated alkanes) is 1. The smallest absolute Gasteiger partial charge is 0.337 e. The number of methoxy groups -OCH3 is 1. The maximum atomic E-state index is 12.0. The minimum atomic E-state index is -3.70. The molecule has 1 aromatic rings. The molecule has 6 nitrogen and oxygen atoms in total. The molecule has 8 heteroatoms. The van der Waals surface area contributed by atoms with Crippen LogP contribution in [0.1, 0.15) is 23.2 Å². The van der Waals surface area contributed by atoms with Crippen molar-refractivity contribution >= 4 is 27.6 Å². The SMILES string of the molecule is COC(=O)c1ccc(S(=O)(=O)NCCCCN)c(Cl)c1. The fourth-order valence-corrected chi connectivity index (χ4v) is 3.13. The number of carbonyl (C=O) groups excluding carboxylic acids is 1. The van der Waals surface area contributed by atoms with Crippen LogP contribution in [0, 0.1) is 0 Å². The largest absolute Gasteiger partial charge is 0.465 e. The molecule has 0 aliphatic heterocycles. The van der Waals surface area contributed by atoms with Crippen LogP contribution in [0.25, 0.3) is 0 Å². The van der Waals surface area contributed by atoms with Crippen molar-refractivity contribution in [1.29, 1.82) is 0 Å². The van der Waals surface area contributed by atoms with Crippen molar-refractivity contribution in [3.05, 3.63) is 28.8 Å². The van der Waals surface area contributed by atoms with Gasteiger partial charge in [-0.05, 0) is 37.6 Å². The normalized spacial score (nSPS) is 11.3. The predicted octanol–water partition coefficient (Wildman–Crippen LogP) is 1.14. The third-order valence-electron chi connectivity index (χ3n) is 2.57. The van der Waals surface area contributed by atoms with Crippen LogP contribution in [0.4, 0.5) is 0 Å². The average molecular weight is 321 g/mol. The van der Waals surface area contributed by atoms with Crippen LogP contribution in [0.5, 0.6) is 0 Å². The van der Waals surface area contributed by atoms with Crippen LogP contribution < -0.4 is 10.5 Å². The second-order valence-corrected chi connectivity index (χ2v) is 6.17.